The summed E-state index contributed by atoms with van der Waals surface area (Å²) in [5.41, 5.74) is 3.66. The molecule has 1 aromatic carbocycles. The average Bonchev–Trinajstić information content (AvgIpc) is 2.93. The first-order valence-corrected chi connectivity index (χ1v) is 7.55. The van der Waals surface area contributed by atoms with Crippen molar-refractivity contribution in [2.24, 2.45) is 0 Å². The minimum Gasteiger partial charge on any atom is -0.315 e. The third kappa shape index (κ3) is 2.74. The Labute approximate surface area is 122 Å². The molecule has 3 rings (SSSR count). The number of piperidine rings is 1. The molecule has 0 aliphatic carbocycles. The smallest absolute Gasteiger partial charge is 0.0644 e. The van der Waals surface area contributed by atoms with E-state index in [1.807, 2.05) is 6.20 Å². The molecule has 1 aliphatic rings. The van der Waals surface area contributed by atoms with Crippen molar-refractivity contribution in [3.05, 3.63) is 40.6 Å². The maximum absolute atomic E-state index is 4.53. The topological polar surface area (TPSA) is 29.9 Å². The zero-order valence-electron chi connectivity index (χ0n) is 11.1. The third-order valence-electron chi connectivity index (χ3n) is 3.75. The fourth-order valence-corrected chi connectivity index (χ4v) is 2.90. The van der Waals surface area contributed by atoms with Gasteiger partial charge in [0.1, 0.15) is 0 Å². The molecule has 19 heavy (non-hydrogen) atoms. The van der Waals surface area contributed by atoms with Crippen LogP contribution < -0.4 is 5.32 Å². The molecule has 1 N–H and O–H groups in total. The van der Waals surface area contributed by atoms with Crippen molar-refractivity contribution in [1.82, 2.24) is 15.1 Å². The molecular weight excluding hydrogens is 302 g/mol. The van der Waals surface area contributed by atoms with Crippen LogP contribution in [0.15, 0.2) is 35.1 Å². The molecule has 3 nitrogen and oxygen atoms in total. The Bertz CT molecular complexity index is 571. The summed E-state index contributed by atoms with van der Waals surface area (Å²) in [6, 6.07) is 6.95. The molecule has 0 spiro atoms. The fraction of sp³-hybridized carbons (Fsp3) is 0.400. The van der Waals surface area contributed by atoms with Gasteiger partial charge in [-0.25, -0.2) is 0 Å². The van der Waals surface area contributed by atoms with Gasteiger partial charge in [0.15, 0.2) is 0 Å². The van der Waals surface area contributed by atoms with Gasteiger partial charge in [-0.15, -0.1) is 0 Å². The summed E-state index contributed by atoms with van der Waals surface area (Å²) < 4.78 is 3.26. The van der Waals surface area contributed by atoms with Crippen LogP contribution in [0.3, 0.4) is 0 Å². The first-order valence-electron chi connectivity index (χ1n) is 6.75. The van der Waals surface area contributed by atoms with Gasteiger partial charge in [0.25, 0.3) is 0 Å². The lowest BCUT2D eigenvalue weighted by Gasteiger charge is -2.22. The van der Waals surface area contributed by atoms with Crippen LogP contribution in [0.25, 0.3) is 11.1 Å². The number of benzene rings is 1. The predicted molar refractivity (Wildman–Crippen MR) is 81.2 cm³/mol. The molecule has 2 heterocycles. The van der Waals surface area contributed by atoms with E-state index in [1.54, 1.807) is 0 Å². The molecule has 1 saturated heterocycles. The van der Waals surface area contributed by atoms with E-state index < -0.39 is 0 Å². The lowest BCUT2D eigenvalue weighted by molar-refractivity contribution is 0.347. The Kier molecular flexibility index (Phi) is 3.71. The summed E-state index contributed by atoms with van der Waals surface area (Å²) in [6.07, 6.45) is 6.57. The Morgan fingerprint density at radius 3 is 3.00 bits per heavy atom. The lowest BCUT2D eigenvalue weighted by atomic mass is 10.1. The van der Waals surface area contributed by atoms with Crippen molar-refractivity contribution in [1.29, 1.82) is 0 Å². The Morgan fingerprint density at radius 1 is 1.37 bits per heavy atom. The number of halogens is 1. The molecule has 0 radical (unpaired) electrons. The molecule has 4 heteroatoms. The van der Waals surface area contributed by atoms with Crippen LogP contribution in [0.4, 0.5) is 0 Å². The van der Waals surface area contributed by atoms with E-state index in [-0.39, 0.29) is 0 Å². The third-order valence-corrected chi connectivity index (χ3v) is 4.61. The van der Waals surface area contributed by atoms with Gasteiger partial charge in [-0.05, 0) is 43.5 Å². The number of nitrogens with zero attached hydrogens (tertiary/aromatic N) is 2. The minimum absolute atomic E-state index is 0.497. The van der Waals surface area contributed by atoms with Crippen LogP contribution in [0, 0.1) is 6.92 Å². The second kappa shape index (κ2) is 5.47. The van der Waals surface area contributed by atoms with Crippen molar-refractivity contribution in [2.75, 3.05) is 13.1 Å². The molecule has 0 bridgehead atoms. The lowest BCUT2D eigenvalue weighted by Crippen LogP contribution is -2.31. The standard InChI is InChI=1S/C15H18BrN3/c1-11-4-5-12(7-15(11)16)13-8-18-19(10-13)14-3-2-6-17-9-14/h4-5,7-8,10,14,17H,2-3,6,9H2,1H3. The van der Waals surface area contributed by atoms with Gasteiger partial charge >= 0.3 is 0 Å². The summed E-state index contributed by atoms with van der Waals surface area (Å²) in [5, 5.41) is 7.96. The molecule has 1 unspecified atom stereocenters. The highest BCUT2D eigenvalue weighted by Crippen LogP contribution is 2.26. The average molecular weight is 320 g/mol. The molecule has 1 fully saturated rings. The zero-order chi connectivity index (χ0) is 13.2. The molecule has 100 valence electrons. The van der Waals surface area contributed by atoms with Gasteiger partial charge in [0.05, 0.1) is 12.2 Å². The summed E-state index contributed by atoms with van der Waals surface area (Å²) in [5.74, 6) is 0. The maximum atomic E-state index is 4.53. The van der Waals surface area contributed by atoms with Gasteiger partial charge in [0.2, 0.25) is 0 Å². The molecule has 2 aromatic rings. The van der Waals surface area contributed by atoms with E-state index in [9.17, 15) is 0 Å². The van der Waals surface area contributed by atoms with Crippen molar-refractivity contribution < 1.29 is 0 Å². The molecule has 1 aliphatic heterocycles. The number of nitrogens with one attached hydrogen (secondary N) is 1. The maximum Gasteiger partial charge on any atom is 0.0644 e. The number of aryl methyl sites for hydroxylation is 1. The second-order valence-electron chi connectivity index (χ2n) is 5.17. The van der Waals surface area contributed by atoms with Gasteiger partial charge in [-0.1, -0.05) is 28.1 Å². The van der Waals surface area contributed by atoms with E-state index >= 15 is 0 Å². The summed E-state index contributed by atoms with van der Waals surface area (Å²) >= 11 is 3.59. The normalized spacial score (nSPS) is 19.6. The van der Waals surface area contributed by atoms with E-state index in [2.05, 4.69) is 62.3 Å². The van der Waals surface area contributed by atoms with Crippen molar-refractivity contribution in [3.63, 3.8) is 0 Å². The first kappa shape index (κ1) is 12.9. The van der Waals surface area contributed by atoms with E-state index in [0.717, 1.165) is 17.6 Å². The highest BCUT2D eigenvalue weighted by Gasteiger charge is 2.15. The quantitative estimate of drug-likeness (QED) is 0.917. The number of aromatic nitrogens is 2. The summed E-state index contributed by atoms with van der Waals surface area (Å²) in [6.45, 7) is 4.26. The van der Waals surface area contributed by atoms with Crippen molar-refractivity contribution >= 4 is 15.9 Å². The highest BCUT2D eigenvalue weighted by atomic mass is 79.9. The zero-order valence-corrected chi connectivity index (χ0v) is 12.7. The molecule has 1 atom stereocenters. The fourth-order valence-electron chi connectivity index (χ4n) is 2.52. The van der Waals surface area contributed by atoms with Crippen LogP contribution in [0.5, 0.6) is 0 Å². The van der Waals surface area contributed by atoms with E-state index in [0.29, 0.717) is 6.04 Å². The Morgan fingerprint density at radius 2 is 2.26 bits per heavy atom. The summed E-state index contributed by atoms with van der Waals surface area (Å²) in [7, 11) is 0. The van der Waals surface area contributed by atoms with Crippen LogP contribution in [-0.4, -0.2) is 22.9 Å². The Hall–Kier alpha value is -1.13. The van der Waals surface area contributed by atoms with Crippen molar-refractivity contribution in [2.45, 2.75) is 25.8 Å². The second-order valence-corrected chi connectivity index (χ2v) is 6.03. The largest absolute Gasteiger partial charge is 0.315 e. The number of hydrogen-bond acceptors (Lipinski definition) is 2. The van der Waals surface area contributed by atoms with Gasteiger partial charge < -0.3 is 5.32 Å². The van der Waals surface area contributed by atoms with E-state index in [4.69, 9.17) is 0 Å². The minimum atomic E-state index is 0.497. The Balaban J connectivity index is 1.85. The number of rotatable bonds is 2. The summed E-state index contributed by atoms with van der Waals surface area (Å²) in [4.78, 5) is 0. The van der Waals surface area contributed by atoms with Gasteiger partial charge in [-0.2, -0.15) is 5.10 Å². The first-order chi connectivity index (χ1) is 9.24. The van der Waals surface area contributed by atoms with E-state index in [1.165, 1.54) is 29.5 Å². The monoisotopic (exact) mass is 319 g/mol. The molecule has 0 saturated carbocycles. The molecule has 1 aromatic heterocycles. The predicted octanol–water partition coefficient (Wildman–Crippen LogP) is 3.55. The van der Waals surface area contributed by atoms with Gasteiger partial charge in [-0.3, -0.25) is 4.68 Å². The van der Waals surface area contributed by atoms with Gasteiger partial charge in [0, 0.05) is 22.8 Å². The van der Waals surface area contributed by atoms with Crippen LogP contribution in [-0.2, 0) is 0 Å². The number of hydrogen-bond donors (Lipinski definition) is 1. The SMILES string of the molecule is Cc1ccc(-c2cnn(C3CCCNC3)c2)cc1Br. The molecule has 0 amide bonds. The van der Waals surface area contributed by atoms with Crippen LogP contribution in [0.2, 0.25) is 0 Å². The highest BCUT2D eigenvalue weighted by molar-refractivity contribution is 9.10. The van der Waals surface area contributed by atoms with Crippen LogP contribution >= 0.6 is 15.9 Å². The molecular formula is C15H18BrN3. The van der Waals surface area contributed by atoms with Crippen molar-refractivity contribution in [3.8, 4) is 11.1 Å². The van der Waals surface area contributed by atoms with Crippen LogP contribution in [0.1, 0.15) is 24.4 Å².